The molecule has 2 heterocycles. The lowest BCUT2D eigenvalue weighted by Crippen LogP contribution is -2.07. The highest BCUT2D eigenvalue weighted by Gasteiger charge is 2.17. The summed E-state index contributed by atoms with van der Waals surface area (Å²) in [4.78, 5) is 15.1. The second kappa shape index (κ2) is 4.20. The Morgan fingerprint density at radius 1 is 1.59 bits per heavy atom. The van der Waals surface area contributed by atoms with Crippen LogP contribution in [-0.4, -0.2) is 27.8 Å². The van der Waals surface area contributed by atoms with Crippen molar-refractivity contribution in [2.24, 2.45) is 0 Å². The van der Waals surface area contributed by atoms with Crippen LogP contribution in [0.15, 0.2) is 24.5 Å². The largest absolute Gasteiger partial charge is 0.464 e. The maximum atomic E-state index is 13.4. The van der Waals surface area contributed by atoms with Gasteiger partial charge in [0.2, 0.25) is 0 Å². The van der Waals surface area contributed by atoms with Crippen LogP contribution < -0.4 is 5.73 Å². The van der Waals surface area contributed by atoms with Gasteiger partial charge in [0.25, 0.3) is 0 Å². The van der Waals surface area contributed by atoms with E-state index in [-0.39, 0.29) is 17.2 Å². The molecule has 0 unspecified atom stereocenters. The molecular formula is C10H9FN4O2. The summed E-state index contributed by atoms with van der Waals surface area (Å²) in [5.41, 5.74) is 5.60. The van der Waals surface area contributed by atoms with Crippen molar-refractivity contribution < 1.29 is 13.9 Å². The van der Waals surface area contributed by atoms with Crippen molar-refractivity contribution in [3.63, 3.8) is 0 Å². The zero-order valence-corrected chi connectivity index (χ0v) is 8.92. The number of anilines is 1. The number of halogens is 1. The number of esters is 1. The second-order valence-corrected chi connectivity index (χ2v) is 3.18. The molecule has 0 amide bonds. The van der Waals surface area contributed by atoms with Gasteiger partial charge in [-0.2, -0.15) is 5.10 Å². The number of carbonyl (C=O) groups is 1. The monoisotopic (exact) mass is 236 g/mol. The summed E-state index contributed by atoms with van der Waals surface area (Å²) in [5, 5.41) is 3.83. The lowest BCUT2D eigenvalue weighted by atomic mass is 10.4. The highest BCUT2D eigenvalue weighted by Crippen LogP contribution is 2.15. The van der Waals surface area contributed by atoms with Gasteiger partial charge < -0.3 is 10.5 Å². The Labute approximate surface area is 95.8 Å². The van der Waals surface area contributed by atoms with Gasteiger partial charge in [-0.25, -0.2) is 18.9 Å². The fraction of sp³-hybridized carbons (Fsp3) is 0.100. The summed E-state index contributed by atoms with van der Waals surface area (Å²) in [6, 6.07) is 2.69. The molecule has 2 N–H and O–H groups in total. The maximum Gasteiger partial charge on any atom is 0.360 e. The Balaban J connectivity index is 2.49. The minimum absolute atomic E-state index is 0.0330. The van der Waals surface area contributed by atoms with Crippen LogP contribution in [0, 0.1) is 5.82 Å². The molecule has 88 valence electrons. The van der Waals surface area contributed by atoms with Gasteiger partial charge in [0.1, 0.15) is 0 Å². The zero-order chi connectivity index (χ0) is 12.4. The number of carbonyl (C=O) groups excluding carboxylic acids is 1. The predicted octanol–water partition coefficient (Wildman–Crippen LogP) is 0.775. The number of hydrogen-bond donors (Lipinski definition) is 1. The number of nitrogens with two attached hydrogens (primary N) is 1. The normalized spacial score (nSPS) is 10.2. The zero-order valence-electron chi connectivity index (χ0n) is 8.92. The molecule has 6 nitrogen and oxygen atoms in total. The van der Waals surface area contributed by atoms with E-state index in [9.17, 15) is 9.18 Å². The first kappa shape index (κ1) is 11.1. The average Bonchev–Trinajstić information content (AvgIpc) is 2.71. The Morgan fingerprint density at radius 3 is 3.00 bits per heavy atom. The molecule has 0 spiro atoms. The quantitative estimate of drug-likeness (QED) is 0.779. The Morgan fingerprint density at radius 2 is 2.35 bits per heavy atom. The van der Waals surface area contributed by atoms with Crippen molar-refractivity contribution >= 4 is 11.7 Å². The van der Waals surface area contributed by atoms with E-state index in [1.165, 1.54) is 31.6 Å². The van der Waals surface area contributed by atoms with Crippen LogP contribution in [-0.2, 0) is 4.74 Å². The van der Waals surface area contributed by atoms with Gasteiger partial charge in [-0.3, -0.25) is 0 Å². The molecule has 7 heteroatoms. The summed E-state index contributed by atoms with van der Waals surface area (Å²) in [5.74, 6) is -1.28. The SMILES string of the molecule is COC(=O)c1nn(-c2ncccc2F)cc1N. The number of nitrogens with zero attached hydrogens (tertiary/aromatic N) is 3. The number of pyridine rings is 1. The van der Waals surface area contributed by atoms with Crippen molar-refractivity contribution in [2.45, 2.75) is 0 Å². The van der Waals surface area contributed by atoms with Crippen molar-refractivity contribution in [3.05, 3.63) is 36.0 Å². The Kier molecular flexibility index (Phi) is 2.73. The van der Waals surface area contributed by atoms with Crippen LogP contribution in [0.3, 0.4) is 0 Å². The lowest BCUT2D eigenvalue weighted by molar-refractivity contribution is 0.0594. The molecule has 17 heavy (non-hydrogen) atoms. The lowest BCUT2D eigenvalue weighted by Gasteiger charge is -2.00. The van der Waals surface area contributed by atoms with E-state index < -0.39 is 11.8 Å². The fourth-order valence-electron chi connectivity index (χ4n) is 1.30. The van der Waals surface area contributed by atoms with E-state index in [4.69, 9.17) is 5.73 Å². The Bertz CT molecular complexity index is 567. The fourth-order valence-corrected chi connectivity index (χ4v) is 1.30. The number of nitrogen functional groups attached to an aromatic ring is 1. The number of aromatic nitrogens is 3. The molecule has 0 aliphatic carbocycles. The average molecular weight is 236 g/mol. The molecule has 0 saturated heterocycles. The van der Waals surface area contributed by atoms with Gasteiger partial charge in [-0.1, -0.05) is 0 Å². The minimum Gasteiger partial charge on any atom is -0.464 e. The molecule has 0 radical (unpaired) electrons. The second-order valence-electron chi connectivity index (χ2n) is 3.18. The predicted molar refractivity (Wildman–Crippen MR) is 57.1 cm³/mol. The molecule has 0 aliphatic rings. The summed E-state index contributed by atoms with van der Waals surface area (Å²) in [6.45, 7) is 0. The van der Waals surface area contributed by atoms with Crippen LogP contribution >= 0.6 is 0 Å². The third kappa shape index (κ3) is 1.94. The van der Waals surface area contributed by atoms with Gasteiger partial charge >= 0.3 is 5.97 Å². The van der Waals surface area contributed by atoms with Crippen molar-refractivity contribution in [1.29, 1.82) is 0 Å². The highest BCUT2D eigenvalue weighted by atomic mass is 19.1. The molecule has 2 rings (SSSR count). The van der Waals surface area contributed by atoms with Crippen molar-refractivity contribution in [1.82, 2.24) is 14.8 Å². The molecule has 0 aromatic carbocycles. The first-order valence-corrected chi connectivity index (χ1v) is 4.68. The van der Waals surface area contributed by atoms with E-state index in [1.54, 1.807) is 0 Å². The number of methoxy groups -OCH3 is 1. The van der Waals surface area contributed by atoms with E-state index in [1.807, 2.05) is 0 Å². The van der Waals surface area contributed by atoms with E-state index in [0.717, 1.165) is 4.68 Å². The highest BCUT2D eigenvalue weighted by molar-refractivity contribution is 5.92. The minimum atomic E-state index is -0.683. The van der Waals surface area contributed by atoms with Gasteiger partial charge in [-0.05, 0) is 12.1 Å². The molecule has 0 saturated carbocycles. The summed E-state index contributed by atoms with van der Waals surface area (Å²) in [7, 11) is 1.21. The molecule has 0 atom stereocenters. The van der Waals surface area contributed by atoms with Crippen LogP contribution in [0.1, 0.15) is 10.5 Å². The van der Waals surface area contributed by atoms with Gasteiger partial charge in [0.05, 0.1) is 19.0 Å². The van der Waals surface area contributed by atoms with Crippen molar-refractivity contribution in [3.8, 4) is 5.82 Å². The third-order valence-electron chi connectivity index (χ3n) is 2.08. The number of rotatable bonds is 2. The van der Waals surface area contributed by atoms with Crippen LogP contribution in [0.2, 0.25) is 0 Å². The van der Waals surface area contributed by atoms with Gasteiger partial charge in [0.15, 0.2) is 17.3 Å². The maximum absolute atomic E-state index is 13.4. The van der Waals surface area contributed by atoms with Gasteiger partial charge in [-0.15, -0.1) is 0 Å². The third-order valence-corrected chi connectivity index (χ3v) is 2.08. The van der Waals surface area contributed by atoms with Gasteiger partial charge in [0, 0.05) is 6.20 Å². The molecular weight excluding hydrogens is 227 g/mol. The summed E-state index contributed by atoms with van der Waals surface area (Å²) < 4.78 is 19.0. The van der Waals surface area contributed by atoms with Crippen molar-refractivity contribution in [2.75, 3.05) is 12.8 Å². The molecule has 0 bridgehead atoms. The van der Waals surface area contributed by atoms with E-state index in [0.29, 0.717) is 0 Å². The molecule has 0 aliphatic heterocycles. The number of ether oxygens (including phenoxy) is 1. The van der Waals surface area contributed by atoms with E-state index in [2.05, 4.69) is 14.8 Å². The van der Waals surface area contributed by atoms with Crippen LogP contribution in [0.4, 0.5) is 10.1 Å². The van der Waals surface area contributed by atoms with Crippen LogP contribution in [0.25, 0.3) is 5.82 Å². The summed E-state index contributed by atoms with van der Waals surface area (Å²) >= 11 is 0. The molecule has 2 aromatic rings. The van der Waals surface area contributed by atoms with E-state index >= 15 is 0 Å². The molecule has 2 aromatic heterocycles. The summed E-state index contributed by atoms with van der Waals surface area (Å²) in [6.07, 6.45) is 2.71. The smallest absolute Gasteiger partial charge is 0.360 e. The molecule has 0 fully saturated rings. The first-order valence-electron chi connectivity index (χ1n) is 4.68. The standard InChI is InChI=1S/C10H9FN4O2/c1-17-10(16)8-7(12)5-15(14-8)9-6(11)3-2-4-13-9/h2-5H,12H2,1H3. The Hall–Kier alpha value is -2.44. The number of hydrogen-bond acceptors (Lipinski definition) is 5. The topological polar surface area (TPSA) is 83.0 Å². The first-order chi connectivity index (χ1) is 8.13. The van der Waals surface area contributed by atoms with Crippen LogP contribution in [0.5, 0.6) is 0 Å².